The highest BCUT2D eigenvalue weighted by Gasteiger charge is 2.31. The minimum absolute atomic E-state index is 0.220. The van der Waals surface area contributed by atoms with Crippen molar-refractivity contribution in [3.8, 4) is 11.4 Å². The molecule has 2 aromatic heterocycles. The van der Waals surface area contributed by atoms with Gasteiger partial charge in [0.05, 0.1) is 16.9 Å². The number of halogens is 1. The van der Waals surface area contributed by atoms with E-state index in [9.17, 15) is 9.59 Å². The summed E-state index contributed by atoms with van der Waals surface area (Å²) in [5.74, 6) is -0.275. The molecule has 0 aliphatic carbocycles. The van der Waals surface area contributed by atoms with Crippen LogP contribution in [0.25, 0.3) is 22.3 Å². The van der Waals surface area contributed by atoms with Gasteiger partial charge in [-0.05, 0) is 30.3 Å². The van der Waals surface area contributed by atoms with Crippen molar-refractivity contribution in [2.45, 2.75) is 0 Å². The van der Waals surface area contributed by atoms with Crippen LogP contribution >= 0.6 is 11.6 Å². The Hall–Kier alpha value is -2.33. The van der Waals surface area contributed by atoms with E-state index in [-0.39, 0.29) is 16.9 Å². The monoisotopic (exact) mass is 284 g/mol. The molecule has 0 fully saturated rings. The average molecular weight is 285 g/mol. The van der Waals surface area contributed by atoms with E-state index in [1.807, 2.05) is 17.7 Å². The van der Waals surface area contributed by atoms with Crippen LogP contribution in [0.1, 0.15) is 10.4 Å². The number of fused-ring (bicyclic) bond motifs is 4. The van der Waals surface area contributed by atoms with Gasteiger partial charge in [-0.15, -0.1) is 0 Å². The Morgan fingerprint density at radius 1 is 1.15 bits per heavy atom. The fourth-order valence-electron chi connectivity index (χ4n) is 2.88. The van der Waals surface area contributed by atoms with Crippen LogP contribution in [0.5, 0.6) is 0 Å². The van der Waals surface area contributed by atoms with Gasteiger partial charge in [0, 0.05) is 23.7 Å². The second-order valence-corrected chi connectivity index (χ2v) is 5.28. The molecule has 0 atom stereocenters. The zero-order chi connectivity index (χ0) is 14.0. The fourth-order valence-corrected chi connectivity index (χ4v) is 3.05. The van der Waals surface area contributed by atoms with Crippen LogP contribution in [0.2, 0.25) is 5.02 Å². The molecule has 0 amide bonds. The van der Waals surface area contributed by atoms with Gasteiger partial charge in [0.25, 0.3) is 5.91 Å². The molecule has 20 heavy (non-hydrogen) atoms. The van der Waals surface area contributed by atoms with Crippen LogP contribution in [0.3, 0.4) is 0 Å². The molecule has 0 N–H and O–H groups in total. The molecule has 0 saturated heterocycles. The largest absolute Gasteiger partial charge is 0.342 e. The van der Waals surface area contributed by atoms with Crippen molar-refractivity contribution in [1.82, 2.24) is 9.13 Å². The minimum Gasteiger partial charge on any atom is -0.342 e. The highest BCUT2D eigenvalue weighted by atomic mass is 35.5. The summed E-state index contributed by atoms with van der Waals surface area (Å²) in [5.41, 5.74) is 2.14. The van der Waals surface area contributed by atoms with Gasteiger partial charge in [0.1, 0.15) is 5.56 Å². The van der Waals surface area contributed by atoms with E-state index in [0.717, 1.165) is 11.2 Å². The van der Waals surface area contributed by atoms with Crippen molar-refractivity contribution in [3.05, 3.63) is 57.3 Å². The third-order valence-electron chi connectivity index (χ3n) is 3.79. The van der Waals surface area contributed by atoms with E-state index < -0.39 is 0 Å². The Bertz CT molecular complexity index is 966. The van der Waals surface area contributed by atoms with E-state index in [4.69, 9.17) is 11.6 Å². The van der Waals surface area contributed by atoms with Crippen LogP contribution < -0.4 is 5.43 Å². The molecule has 0 saturated carbocycles. The molecule has 5 heteroatoms. The predicted molar refractivity (Wildman–Crippen MR) is 77.4 cm³/mol. The number of hydrogen-bond acceptors (Lipinski definition) is 2. The van der Waals surface area contributed by atoms with E-state index >= 15 is 0 Å². The third kappa shape index (κ3) is 1.22. The zero-order valence-electron chi connectivity index (χ0n) is 10.6. The van der Waals surface area contributed by atoms with E-state index in [1.165, 1.54) is 4.57 Å². The first-order valence-electron chi connectivity index (χ1n) is 6.14. The summed E-state index contributed by atoms with van der Waals surface area (Å²) in [6, 6.07) is 8.79. The molecule has 4 nitrogen and oxygen atoms in total. The molecular weight excluding hydrogens is 276 g/mol. The second kappa shape index (κ2) is 3.61. The van der Waals surface area contributed by atoms with Crippen LogP contribution in [-0.4, -0.2) is 15.0 Å². The molecule has 1 aromatic carbocycles. The van der Waals surface area contributed by atoms with Crippen molar-refractivity contribution in [3.63, 3.8) is 0 Å². The summed E-state index contributed by atoms with van der Waals surface area (Å²) in [6.45, 7) is 0. The molecule has 0 radical (unpaired) electrons. The Balaban J connectivity index is 2.28. The molecule has 0 spiro atoms. The Kier molecular flexibility index (Phi) is 2.07. The molecule has 0 bridgehead atoms. The maximum atomic E-state index is 12.6. The fraction of sp³-hybridized carbons (Fsp3) is 0.0667. The molecule has 3 heterocycles. The van der Waals surface area contributed by atoms with Crippen molar-refractivity contribution < 1.29 is 4.79 Å². The lowest BCUT2D eigenvalue weighted by Crippen LogP contribution is -2.19. The van der Waals surface area contributed by atoms with E-state index in [0.29, 0.717) is 16.1 Å². The molecule has 0 unspecified atom stereocenters. The predicted octanol–water partition coefficient (Wildman–Crippen LogP) is 2.66. The van der Waals surface area contributed by atoms with Gasteiger partial charge in [-0.2, -0.15) is 0 Å². The molecule has 1 aliphatic rings. The number of rotatable bonds is 0. The van der Waals surface area contributed by atoms with Crippen molar-refractivity contribution in [2.75, 3.05) is 0 Å². The van der Waals surface area contributed by atoms with Gasteiger partial charge in [0.2, 0.25) is 5.43 Å². The lowest BCUT2D eigenvalue weighted by atomic mass is 10.1. The smallest absolute Gasteiger partial charge is 0.268 e. The van der Waals surface area contributed by atoms with Crippen molar-refractivity contribution >= 4 is 28.4 Å². The Morgan fingerprint density at radius 3 is 2.75 bits per heavy atom. The van der Waals surface area contributed by atoms with Gasteiger partial charge >= 0.3 is 0 Å². The number of hydrogen-bond donors (Lipinski definition) is 0. The Morgan fingerprint density at radius 2 is 1.95 bits per heavy atom. The van der Waals surface area contributed by atoms with Crippen LogP contribution in [-0.2, 0) is 7.05 Å². The van der Waals surface area contributed by atoms with Gasteiger partial charge in [-0.3, -0.25) is 14.2 Å². The van der Waals surface area contributed by atoms with Crippen LogP contribution in [0.4, 0.5) is 0 Å². The van der Waals surface area contributed by atoms with Crippen molar-refractivity contribution in [2.24, 2.45) is 7.05 Å². The lowest BCUT2D eigenvalue weighted by Gasteiger charge is -2.11. The first-order chi connectivity index (χ1) is 9.59. The van der Waals surface area contributed by atoms with E-state index in [1.54, 1.807) is 30.5 Å². The average Bonchev–Trinajstić information content (AvgIpc) is 2.99. The number of benzene rings is 1. The lowest BCUT2D eigenvalue weighted by molar-refractivity contribution is 0.0968. The van der Waals surface area contributed by atoms with Gasteiger partial charge < -0.3 is 4.57 Å². The van der Waals surface area contributed by atoms with Crippen LogP contribution in [0.15, 0.2) is 41.3 Å². The molecule has 3 aromatic rings. The maximum Gasteiger partial charge on any atom is 0.268 e. The van der Waals surface area contributed by atoms with E-state index in [2.05, 4.69) is 0 Å². The molecule has 4 rings (SSSR count). The zero-order valence-corrected chi connectivity index (χ0v) is 11.3. The summed E-state index contributed by atoms with van der Waals surface area (Å²) < 4.78 is 3.38. The van der Waals surface area contributed by atoms with Gasteiger partial charge in [-0.25, -0.2) is 0 Å². The highest BCUT2D eigenvalue weighted by molar-refractivity contribution is 6.31. The topological polar surface area (TPSA) is 44.0 Å². The number of nitrogens with zero attached hydrogens (tertiary/aromatic N) is 2. The first-order valence-corrected chi connectivity index (χ1v) is 6.52. The quantitative estimate of drug-likeness (QED) is 0.498. The number of aryl methyl sites for hydroxylation is 1. The summed E-state index contributed by atoms with van der Waals surface area (Å²) in [4.78, 5) is 25.0. The summed E-state index contributed by atoms with van der Waals surface area (Å²) in [6.07, 6.45) is 1.68. The second-order valence-electron chi connectivity index (χ2n) is 4.84. The molecule has 1 aliphatic heterocycles. The third-order valence-corrected chi connectivity index (χ3v) is 4.02. The number of aromatic nitrogens is 2. The summed E-state index contributed by atoms with van der Waals surface area (Å²) >= 11 is 5.96. The molecule has 98 valence electrons. The van der Waals surface area contributed by atoms with Gasteiger partial charge in [0.15, 0.2) is 0 Å². The Labute approximate surface area is 118 Å². The number of carbonyl (C=O) groups is 1. The number of pyridine rings is 1. The van der Waals surface area contributed by atoms with Crippen LogP contribution in [0, 0.1) is 0 Å². The number of carbonyl (C=O) groups excluding carboxylic acids is 1. The SMILES string of the molecule is Cn1c2c(c(=O)c3cc(Cl)ccc31)C(=O)n1cccc1-2. The minimum atomic E-state index is -0.275. The normalized spacial score (nSPS) is 12.8. The maximum absolute atomic E-state index is 12.6. The first kappa shape index (κ1) is 11.5. The molecular formula is C15H9ClN2O2. The van der Waals surface area contributed by atoms with Gasteiger partial charge in [-0.1, -0.05) is 11.6 Å². The highest BCUT2D eigenvalue weighted by Crippen LogP contribution is 2.32. The standard InChI is InChI=1S/C15H9ClN2O2/c1-17-10-5-4-8(16)7-9(10)14(19)12-13(17)11-3-2-6-18(11)15(12)20/h2-7H,1H3. The summed E-state index contributed by atoms with van der Waals surface area (Å²) in [7, 11) is 1.85. The van der Waals surface area contributed by atoms with Crippen molar-refractivity contribution in [1.29, 1.82) is 0 Å². The summed E-state index contributed by atoms with van der Waals surface area (Å²) in [5, 5.41) is 0.956.